The maximum atomic E-state index is 13.1. The number of rotatable bonds is 10. The van der Waals surface area contributed by atoms with Crippen LogP contribution in [0, 0.1) is 0 Å². The Morgan fingerprint density at radius 3 is 2.46 bits per heavy atom. The Balaban J connectivity index is 1.45. The molecule has 0 amide bonds. The Labute approximate surface area is 204 Å². The van der Waals surface area contributed by atoms with E-state index in [0.29, 0.717) is 55.6 Å². The number of piperazine rings is 1. The average Bonchev–Trinajstić information content (AvgIpc) is 3.39. The lowest BCUT2D eigenvalue weighted by Gasteiger charge is -2.35. The number of hydrogen-bond donors (Lipinski definition) is 0. The molecule has 4 rings (SSSR count). The average molecular weight is 502 g/mol. The molecule has 186 valence electrons. The molecule has 0 unspecified atom stereocenters. The van der Waals surface area contributed by atoms with Crippen molar-refractivity contribution in [3.8, 4) is 23.0 Å². The molecule has 35 heavy (non-hydrogen) atoms. The first-order chi connectivity index (χ1) is 16.9. The Hall–Kier alpha value is -3.57. The molecular formula is C24H27N3O7S. The summed E-state index contributed by atoms with van der Waals surface area (Å²) in [6.07, 6.45) is 3.00. The van der Waals surface area contributed by atoms with Crippen molar-refractivity contribution in [2.75, 3.05) is 37.9 Å². The number of anilines is 1. The van der Waals surface area contributed by atoms with Crippen molar-refractivity contribution in [3.63, 3.8) is 0 Å². The van der Waals surface area contributed by atoms with Crippen LogP contribution in [0.15, 0.2) is 64.2 Å². The molecule has 0 saturated carbocycles. The van der Waals surface area contributed by atoms with Crippen LogP contribution in [0.1, 0.15) is 13.8 Å². The number of carbonyl (C=O) groups is 1. The highest BCUT2D eigenvalue weighted by molar-refractivity contribution is 7.89. The van der Waals surface area contributed by atoms with Crippen LogP contribution in [0.2, 0.25) is 0 Å². The van der Waals surface area contributed by atoms with Gasteiger partial charge >= 0.3 is 0 Å². The standard InChI is InChI=1S/C24H27N3O7S/c1-18(2)34-20-4-6-21(7-5-20)35(29,30)27-12-10-26(11-13-27)19-3-8-22(24-25-9-14-32-24)23(15-19)33-17-31-16-28/h3-9,14-16,18H,10-13,17H2,1-2H3. The molecule has 10 nitrogen and oxygen atoms in total. The highest BCUT2D eigenvalue weighted by Crippen LogP contribution is 2.34. The number of hydrogen-bond acceptors (Lipinski definition) is 9. The van der Waals surface area contributed by atoms with Crippen molar-refractivity contribution < 1.29 is 31.8 Å². The number of aromatic nitrogens is 1. The van der Waals surface area contributed by atoms with Crippen molar-refractivity contribution in [2.45, 2.75) is 24.8 Å². The summed E-state index contributed by atoms with van der Waals surface area (Å²) in [7, 11) is -3.62. The fraction of sp³-hybridized carbons (Fsp3) is 0.333. The zero-order chi connectivity index (χ0) is 24.8. The highest BCUT2D eigenvalue weighted by atomic mass is 32.2. The monoisotopic (exact) mass is 501 g/mol. The predicted octanol–water partition coefficient (Wildman–Crippen LogP) is 3.15. The lowest BCUT2D eigenvalue weighted by atomic mass is 10.1. The SMILES string of the molecule is CC(C)Oc1ccc(S(=O)(=O)N2CCN(c3ccc(-c4ncco4)c(OCOC=O)c3)CC2)cc1. The molecule has 1 aliphatic rings. The van der Waals surface area contributed by atoms with Gasteiger partial charge in [0.25, 0.3) is 6.47 Å². The summed E-state index contributed by atoms with van der Waals surface area (Å²) in [5.41, 5.74) is 1.45. The second-order valence-electron chi connectivity index (χ2n) is 8.07. The maximum Gasteiger partial charge on any atom is 0.295 e. The van der Waals surface area contributed by atoms with Gasteiger partial charge in [-0.05, 0) is 50.2 Å². The summed E-state index contributed by atoms with van der Waals surface area (Å²) < 4.78 is 49.0. The van der Waals surface area contributed by atoms with E-state index in [1.165, 1.54) is 16.8 Å². The van der Waals surface area contributed by atoms with Crippen molar-refractivity contribution in [1.29, 1.82) is 0 Å². The van der Waals surface area contributed by atoms with E-state index in [2.05, 4.69) is 14.6 Å². The van der Waals surface area contributed by atoms with Crippen LogP contribution >= 0.6 is 0 Å². The first kappa shape index (κ1) is 24.6. The minimum Gasteiger partial charge on any atom is -0.491 e. The minimum absolute atomic E-state index is 0.0124. The fourth-order valence-electron chi connectivity index (χ4n) is 3.78. The molecule has 0 spiro atoms. The van der Waals surface area contributed by atoms with Crippen LogP contribution in [0.25, 0.3) is 11.5 Å². The van der Waals surface area contributed by atoms with E-state index in [0.717, 1.165) is 5.69 Å². The van der Waals surface area contributed by atoms with Crippen molar-refractivity contribution >= 4 is 22.2 Å². The zero-order valence-electron chi connectivity index (χ0n) is 19.5. The quantitative estimate of drug-likeness (QED) is 0.235. The van der Waals surface area contributed by atoms with Gasteiger partial charge in [-0.15, -0.1) is 0 Å². The van der Waals surface area contributed by atoms with E-state index in [4.69, 9.17) is 13.9 Å². The number of sulfonamides is 1. The van der Waals surface area contributed by atoms with Gasteiger partial charge in [0, 0.05) is 37.9 Å². The van der Waals surface area contributed by atoms with Crippen LogP contribution in [0.4, 0.5) is 5.69 Å². The van der Waals surface area contributed by atoms with Gasteiger partial charge < -0.3 is 23.5 Å². The van der Waals surface area contributed by atoms with E-state index < -0.39 is 10.0 Å². The van der Waals surface area contributed by atoms with Gasteiger partial charge in [-0.25, -0.2) is 13.4 Å². The molecule has 1 aromatic heterocycles. The van der Waals surface area contributed by atoms with Crippen LogP contribution in [0.3, 0.4) is 0 Å². The highest BCUT2D eigenvalue weighted by Gasteiger charge is 2.29. The van der Waals surface area contributed by atoms with Crippen LogP contribution in [0.5, 0.6) is 11.5 Å². The minimum atomic E-state index is -3.62. The lowest BCUT2D eigenvalue weighted by Crippen LogP contribution is -2.48. The molecule has 2 heterocycles. The molecule has 1 aliphatic heterocycles. The topological polar surface area (TPSA) is 111 Å². The molecule has 11 heteroatoms. The Bertz CT molecular complexity index is 1220. The summed E-state index contributed by atoms with van der Waals surface area (Å²) in [6, 6.07) is 12.0. The van der Waals surface area contributed by atoms with Gasteiger partial charge in [-0.2, -0.15) is 4.31 Å². The fourth-order valence-corrected chi connectivity index (χ4v) is 5.21. The van der Waals surface area contributed by atoms with E-state index >= 15 is 0 Å². The van der Waals surface area contributed by atoms with E-state index in [1.54, 1.807) is 36.4 Å². The number of oxazole rings is 1. The largest absolute Gasteiger partial charge is 0.491 e. The van der Waals surface area contributed by atoms with Gasteiger partial charge in [0.15, 0.2) is 0 Å². The third-order valence-corrected chi connectivity index (χ3v) is 7.33. The zero-order valence-corrected chi connectivity index (χ0v) is 20.3. The van der Waals surface area contributed by atoms with Crippen LogP contribution in [-0.2, 0) is 19.6 Å². The molecular weight excluding hydrogens is 474 g/mol. The smallest absolute Gasteiger partial charge is 0.295 e. The maximum absolute atomic E-state index is 13.1. The van der Waals surface area contributed by atoms with Crippen molar-refractivity contribution in [2.24, 2.45) is 0 Å². The molecule has 0 aliphatic carbocycles. The Morgan fingerprint density at radius 1 is 1.09 bits per heavy atom. The molecule has 2 aromatic carbocycles. The van der Waals surface area contributed by atoms with Crippen LogP contribution < -0.4 is 14.4 Å². The Morgan fingerprint density at radius 2 is 1.83 bits per heavy atom. The third-order valence-electron chi connectivity index (χ3n) is 5.42. The lowest BCUT2D eigenvalue weighted by molar-refractivity contribution is -0.134. The third kappa shape index (κ3) is 5.75. The number of ether oxygens (including phenoxy) is 3. The molecule has 1 saturated heterocycles. The summed E-state index contributed by atoms with van der Waals surface area (Å²) in [5.74, 6) is 1.44. The first-order valence-electron chi connectivity index (χ1n) is 11.1. The van der Waals surface area contributed by atoms with Crippen molar-refractivity contribution in [1.82, 2.24) is 9.29 Å². The normalized spacial score (nSPS) is 14.7. The van der Waals surface area contributed by atoms with E-state index in [9.17, 15) is 13.2 Å². The van der Waals surface area contributed by atoms with Gasteiger partial charge in [0.05, 0.1) is 22.8 Å². The summed E-state index contributed by atoms with van der Waals surface area (Å²) >= 11 is 0. The van der Waals surface area contributed by atoms with E-state index in [-0.39, 0.29) is 17.8 Å². The van der Waals surface area contributed by atoms with Gasteiger partial charge in [-0.1, -0.05) is 0 Å². The van der Waals surface area contributed by atoms with Gasteiger partial charge in [0.1, 0.15) is 17.8 Å². The molecule has 0 atom stereocenters. The predicted molar refractivity (Wildman–Crippen MR) is 128 cm³/mol. The first-order valence-corrected chi connectivity index (χ1v) is 12.6. The molecule has 0 radical (unpaired) electrons. The van der Waals surface area contributed by atoms with Gasteiger partial charge in [-0.3, -0.25) is 4.79 Å². The molecule has 1 fully saturated rings. The number of nitrogens with zero attached hydrogens (tertiary/aromatic N) is 3. The molecule has 0 N–H and O–H groups in total. The summed E-state index contributed by atoms with van der Waals surface area (Å²) in [5, 5.41) is 0. The second-order valence-corrected chi connectivity index (χ2v) is 10.0. The van der Waals surface area contributed by atoms with Crippen LogP contribution in [-0.4, -0.2) is 63.3 Å². The van der Waals surface area contributed by atoms with E-state index in [1.807, 2.05) is 19.9 Å². The Kier molecular flexibility index (Phi) is 7.57. The van der Waals surface area contributed by atoms with Gasteiger partial charge in [0.2, 0.25) is 22.7 Å². The summed E-state index contributed by atoms with van der Waals surface area (Å²) in [6.45, 7) is 5.54. The number of benzene rings is 2. The summed E-state index contributed by atoms with van der Waals surface area (Å²) in [4.78, 5) is 17.0. The van der Waals surface area contributed by atoms with Crippen molar-refractivity contribution in [3.05, 3.63) is 54.9 Å². The second kappa shape index (κ2) is 10.8. The molecule has 3 aromatic rings. The number of carbonyl (C=O) groups excluding carboxylic acids is 1. The molecule has 0 bridgehead atoms.